The molecule has 32 heavy (non-hydrogen) atoms. The Hall–Kier alpha value is -3.30. The van der Waals surface area contributed by atoms with Gasteiger partial charge in [-0.1, -0.05) is 35.4 Å². The lowest BCUT2D eigenvalue weighted by atomic mass is 10.2. The summed E-state index contributed by atoms with van der Waals surface area (Å²) in [6.07, 6.45) is 1.03. The van der Waals surface area contributed by atoms with Crippen LogP contribution in [0.1, 0.15) is 11.1 Å². The highest BCUT2D eigenvalue weighted by Crippen LogP contribution is 2.24. The number of benzene rings is 3. The summed E-state index contributed by atoms with van der Waals surface area (Å²) in [4.78, 5) is 12.3. The quantitative estimate of drug-likeness (QED) is 0.407. The molecule has 10 heteroatoms. The van der Waals surface area contributed by atoms with Crippen molar-refractivity contribution in [1.82, 2.24) is 5.43 Å². The minimum atomic E-state index is -4.20. The van der Waals surface area contributed by atoms with Crippen LogP contribution in [-0.2, 0) is 14.8 Å². The smallest absolute Gasteiger partial charge is 0.264 e. The van der Waals surface area contributed by atoms with Crippen LogP contribution in [-0.4, -0.2) is 27.1 Å². The number of halogens is 3. The molecule has 3 rings (SSSR count). The number of hydrazone groups is 1. The molecule has 0 atom stereocenters. The average molecular weight is 478 g/mol. The highest BCUT2D eigenvalue weighted by molar-refractivity contribution is 7.92. The van der Waals surface area contributed by atoms with Gasteiger partial charge in [0.25, 0.3) is 15.9 Å². The van der Waals surface area contributed by atoms with Crippen molar-refractivity contribution >= 4 is 39.4 Å². The van der Waals surface area contributed by atoms with Crippen LogP contribution in [0.4, 0.5) is 14.5 Å². The zero-order chi connectivity index (χ0) is 23.3. The molecule has 0 aliphatic carbocycles. The molecule has 3 aromatic carbocycles. The molecule has 1 N–H and O–H groups in total. The molecule has 6 nitrogen and oxygen atoms in total. The maximum atomic E-state index is 13.8. The number of hydrogen-bond donors (Lipinski definition) is 1. The van der Waals surface area contributed by atoms with Gasteiger partial charge in [0.05, 0.1) is 21.8 Å². The Balaban J connectivity index is 1.85. The number of aryl methyl sites for hydroxylation is 1. The highest BCUT2D eigenvalue weighted by Gasteiger charge is 2.27. The maximum Gasteiger partial charge on any atom is 0.264 e. The molecule has 0 aliphatic rings. The number of rotatable bonds is 7. The normalized spacial score (nSPS) is 11.5. The SMILES string of the molecule is Cc1ccc(N(CC(=O)N/N=C\c2c(F)cccc2Cl)S(=O)(=O)c2ccc(F)cc2)cc1. The largest absolute Gasteiger partial charge is 0.271 e. The Bertz CT molecular complexity index is 1230. The highest BCUT2D eigenvalue weighted by atomic mass is 35.5. The van der Waals surface area contributed by atoms with Gasteiger partial charge in [0, 0.05) is 5.56 Å². The molecule has 0 saturated heterocycles. The zero-order valence-electron chi connectivity index (χ0n) is 16.8. The lowest BCUT2D eigenvalue weighted by molar-refractivity contribution is -0.119. The van der Waals surface area contributed by atoms with Crippen molar-refractivity contribution in [3.63, 3.8) is 0 Å². The van der Waals surface area contributed by atoms with E-state index in [1.165, 1.54) is 18.2 Å². The van der Waals surface area contributed by atoms with Gasteiger partial charge in [-0.05, 0) is 55.5 Å². The van der Waals surface area contributed by atoms with Crippen molar-refractivity contribution < 1.29 is 22.0 Å². The van der Waals surface area contributed by atoms with Crippen molar-refractivity contribution in [2.24, 2.45) is 5.10 Å². The molecule has 0 unspecified atom stereocenters. The molecule has 0 fully saturated rings. The third-order valence-electron chi connectivity index (χ3n) is 4.39. The van der Waals surface area contributed by atoms with Gasteiger partial charge in [0.15, 0.2) is 0 Å². The molecular formula is C22H18ClF2N3O3S. The summed E-state index contributed by atoms with van der Waals surface area (Å²) in [5.41, 5.74) is 3.27. The second-order valence-electron chi connectivity index (χ2n) is 6.73. The van der Waals surface area contributed by atoms with Gasteiger partial charge >= 0.3 is 0 Å². The first-order valence-corrected chi connectivity index (χ1v) is 11.1. The summed E-state index contributed by atoms with van der Waals surface area (Å²) in [6, 6.07) is 14.8. The first-order chi connectivity index (χ1) is 15.2. The minimum absolute atomic E-state index is 0.0243. The molecule has 0 aromatic heterocycles. The number of amides is 1. The predicted molar refractivity (Wildman–Crippen MR) is 119 cm³/mol. The number of carbonyl (C=O) groups is 1. The molecule has 1 amide bonds. The van der Waals surface area contributed by atoms with E-state index in [1.807, 2.05) is 6.92 Å². The van der Waals surface area contributed by atoms with Crippen molar-refractivity contribution in [2.75, 3.05) is 10.8 Å². The third-order valence-corrected chi connectivity index (χ3v) is 6.51. The van der Waals surface area contributed by atoms with Crippen LogP contribution in [0, 0.1) is 18.6 Å². The number of anilines is 1. The predicted octanol–water partition coefficient (Wildman–Crippen LogP) is 4.27. The first kappa shape index (κ1) is 23.4. The van der Waals surface area contributed by atoms with Crippen LogP contribution in [0.15, 0.2) is 76.7 Å². The van der Waals surface area contributed by atoms with E-state index < -0.39 is 34.1 Å². The summed E-state index contributed by atoms with van der Waals surface area (Å²) < 4.78 is 54.3. The van der Waals surface area contributed by atoms with Crippen molar-refractivity contribution in [2.45, 2.75) is 11.8 Å². The topological polar surface area (TPSA) is 78.8 Å². The van der Waals surface area contributed by atoms with Gasteiger partial charge in [-0.25, -0.2) is 22.6 Å². The minimum Gasteiger partial charge on any atom is -0.271 e. The Kier molecular flexibility index (Phi) is 7.22. The van der Waals surface area contributed by atoms with Gasteiger partial charge < -0.3 is 0 Å². The van der Waals surface area contributed by atoms with Crippen LogP contribution in [0.5, 0.6) is 0 Å². The van der Waals surface area contributed by atoms with Crippen molar-refractivity contribution in [3.8, 4) is 0 Å². The maximum absolute atomic E-state index is 13.8. The average Bonchev–Trinajstić information content (AvgIpc) is 2.75. The molecule has 0 radical (unpaired) electrons. The van der Waals surface area contributed by atoms with Crippen LogP contribution >= 0.6 is 11.6 Å². The summed E-state index contributed by atoms with van der Waals surface area (Å²) in [6.45, 7) is 1.21. The first-order valence-electron chi connectivity index (χ1n) is 9.29. The number of sulfonamides is 1. The number of nitrogens with one attached hydrogen (secondary N) is 1. The third kappa shape index (κ3) is 5.49. The van der Waals surface area contributed by atoms with E-state index in [2.05, 4.69) is 10.5 Å². The van der Waals surface area contributed by atoms with Crippen LogP contribution in [0.2, 0.25) is 5.02 Å². The fourth-order valence-corrected chi connectivity index (χ4v) is 4.36. The molecule has 0 heterocycles. The second kappa shape index (κ2) is 9.88. The van der Waals surface area contributed by atoms with E-state index in [9.17, 15) is 22.0 Å². The second-order valence-corrected chi connectivity index (χ2v) is 9.00. The lowest BCUT2D eigenvalue weighted by Crippen LogP contribution is -2.39. The zero-order valence-corrected chi connectivity index (χ0v) is 18.4. The number of carbonyl (C=O) groups excluding carboxylic acids is 1. The van der Waals surface area contributed by atoms with Gasteiger partial charge in [-0.15, -0.1) is 0 Å². The molecule has 0 saturated carbocycles. The Morgan fingerprint density at radius 1 is 1.06 bits per heavy atom. The molecule has 0 bridgehead atoms. The molecule has 0 spiro atoms. The fourth-order valence-electron chi connectivity index (χ4n) is 2.73. The van der Waals surface area contributed by atoms with Crippen LogP contribution in [0.25, 0.3) is 0 Å². The van der Waals surface area contributed by atoms with Gasteiger partial charge in [-0.3, -0.25) is 9.10 Å². The number of hydrogen-bond acceptors (Lipinski definition) is 4. The Labute approximate surface area is 189 Å². The van der Waals surface area contributed by atoms with E-state index in [0.29, 0.717) is 0 Å². The van der Waals surface area contributed by atoms with Crippen molar-refractivity contribution in [3.05, 3.63) is 94.5 Å². The van der Waals surface area contributed by atoms with Gasteiger partial charge in [-0.2, -0.15) is 5.10 Å². The molecule has 0 aliphatic heterocycles. The molecule has 3 aromatic rings. The van der Waals surface area contributed by atoms with E-state index in [-0.39, 0.29) is 21.2 Å². The molecular weight excluding hydrogens is 460 g/mol. The molecule has 166 valence electrons. The summed E-state index contributed by atoms with van der Waals surface area (Å²) >= 11 is 5.90. The van der Waals surface area contributed by atoms with E-state index in [0.717, 1.165) is 40.3 Å². The fraction of sp³-hybridized carbons (Fsp3) is 0.0909. The van der Waals surface area contributed by atoms with E-state index in [4.69, 9.17) is 11.6 Å². The van der Waals surface area contributed by atoms with Gasteiger partial charge in [0.1, 0.15) is 18.2 Å². The van der Waals surface area contributed by atoms with E-state index >= 15 is 0 Å². The standard InChI is InChI=1S/C22H18ClF2N3O3S/c1-15-5-9-17(10-6-15)28(32(30,31)18-11-7-16(24)8-12-18)14-22(29)27-26-13-19-20(23)3-2-4-21(19)25/h2-13H,14H2,1H3,(H,27,29)/b26-13-. The Morgan fingerprint density at radius 3 is 2.34 bits per heavy atom. The van der Waals surface area contributed by atoms with Crippen molar-refractivity contribution in [1.29, 1.82) is 0 Å². The van der Waals surface area contributed by atoms with Crippen LogP contribution in [0.3, 0.4) is 0 Å². The lowest BCUT2D eigenvalue weighted by Gasteiger charge is -2.23. The summed E-state index contributed by atoms with van der Waals surface area (Å²) in [5, 5.41) is 3.77. The monoisotopic (exact) mass is 477 g/mol. The number of nitrogens with zero attached hydrogens (tertiary/aromatic N) is 2. The van der Waals surface area contributed by atoms with E-state index in [1.54, 1.807) is 24.3 Å². The van der Waals surface area contributed by atoms with Crippen LogP contribution < -0.4 is 9.73 Å². The summed E-state index contributed by atoms with van der Waals surface area (Å²) in [5.74, 6) is -2.00. The van der Waals surface area contributed by atoms with Gasteiger partial charge in [0.2, 0.25) is 0 Å². The Morgan fingerprint density at radius 2 is 1.72 bits per heavy atom. The summed E-state index contributed by atoms with van der Waals surface area (Å²) in [7, 11) is -4.20.